The van der Waals surface area contributed by atoms with Gasteiger partial charge in [-0.3, -0.25) is 0 Å². The number of hydrogen-bond donors (Lipinski definition) is 1. The molecule has 6 rings (SSSR count). The molecule has 2 fully saturated rings. The van der Waals surface area contributed by atoms with E-state index in [9.17, 15) is 5.11 Å². The van der Waals surface area contributed by atoms with Crippen LogP contribution in [0.3, 0.4) is 0 Å². The molecular weight excluding hydrogens is 408 g/mol. The Morgan fingerprint density at radius 1 is 1.09 bits per heavy atom. The van der Waals surface area contributed by atoms with Crippen LogP contribution in [0.4, 0.5) is 0 Å². The lowest BCUT2D eigenvalue weighted by atomic mass is 9.48. The maximum atomic E-state index is 12.0. The Morgan fingerprint density at radius 2 is 1.94 bits per heavy atom. The zero-order valence-corrected chi connectivity index (χ0v) is 19.7. The molecular formula is C30H34O3. The normalized spacial score (nSPS) is 38.1. The summed E-state index contributed by atoms with van der Waals surface area (Å²) in [5.74, 6) is 2.20. The topological polar surface area (TPSA) is 38.7 Å². The van der Waals surface area contributed by atoms with Gasteiger partial charge in [0.25, 0.3) is 0 Å². The van der Waals surface area contributed by atoms with Gasteiger partial charge in [-0.1, -0.05) is 55.5 Å². The van der Waals surface area contributed by atoms with Gasteiger partial charge in [0, 0.05) is 16.7 Å². The Morgan fingerprint density at radius 3 is 2.76 bits per heavy atom. The van der Waals surface area contributed by atoms with Crippen LogP contribution >= 0.6 is 0 Å². The Kier molecular flexibility index (Phi) is 4.78. The third kappa shape index (κ3) is 2.84. The summed E-state index contributed by atoms with van der Waals surface area (Å²) in [7, 11) is 1.75. The second-order valence-corrected chi connectivity index (χ2v) is 10.8. The van der Waals surface area contributed by atoms with Gasteiger partial charge < -0.3 is 14.6 Å². The highest BCUT2D eigenvalue weighted by molar-refractivity contribution is 5.45. The molecule has 0 aromatic heterocycles. The van der Waals surface area contributed by atoms with Crippen LogP contribution in [0.25, 0.3) is 0 Å². The van der Waals surface area contributed by atoms with E-state index in [0.717, 1.165) is 37.0 Å². The molecule has 4 aliphatic carbocycles. The highest BCUT2D eigenvalue weighted by atomic mass is 16.5. The number of rotatable bonds is 5. The van der Waals surface area contributed by atoms with Gasteiger partial charge in [-0.15, -0.1) is 0 Å². The van der Waals surface area contributed by atoms with Crippen molar-refractivity contribution in [2.45, 2.75) is 57.2 Å². The van der Waals surface area contributed by atoms with E-state index in [2.05, 4.69) is 55.5 Å². The van der Waals surface area contributed by atoms with E-state index in [-0.39, 0.29) is 16.7 Å². The van der Waals surface area contributed by atoms with Gasteiger partial charge >= 0.3 is 0 Å². The Bertz CT molecular complexity index is 1100. The van der Waals surface area contributed by atoms with Crippen molar-refractivity contribution in [3.05, 3.63) is 89.7 Å². The first kappa shape index (κ1) is 21.0. The first-order chi connectivity index (χ1) is 16.0. The van der Waals surface area contributed by atoms with Gasteiger partial charge in [-0.2, -0.15) is 0 Å². The van der Waals surface area contributed by atoms with Crippen molar-refractivity contribution in [3.63, 3.8) is 0 Å². The minimum Gasteiger partial charge on any atom is -0.497 e. The van der Waals surface area contributed by atoms with Crippen LogP contribution in [0.1, 0.15) is 55.2 Å². The molecule has 0 radical (unpaired) electrons. The van der Waals surface area contributed by atoms with E-state index in [4.69, 9.17) is 9.47 Å². The van der Waals surface area contributed by atoms with Crippen LogP contribution in [0.5, 0.6) is 5.75 Å². The number of allylic oxidation sites excluding steroid dienone is 1. The molecule has 0 saturated heterocycles. The van der Waals surface area contributed by atoms with Crippen molar-refractivity contribution in [3.8, 4) is 5.75 Å². The molecule has 2 aromatic carbocycles. The lowest BCUT2D eigenvalue weighted by molar-refractivity contribution is -0.0935. The van der Waals surface area contributed by atoms with Crippen molar-refractivity contribution in [1.82, 2.24) is 0 Å². The van der Waals surface area contributed by atoms with Gasteiger partial charge in [-0.25, -0.2) is 0 Å². The minimum absolute atomic E-state index is 0.0523. The Hall–Kier alpha value is -2.52. The number of aryl methyl sites for hydroxylation is 1. The van der Waals surface area contributed by atoms with Crippen LogP contribution in [0.15, 0.2) is 73.0 Å². The SMILES string of the molecule is COc1ccc2c(c1)CC[C@@H]1[C@@H]2CC[C@]2(C)[C@@]3(O)C=C[C@]12C[C@H]3/C=C/OCc1ccccc1. The van der Waals surface area contributed by atoms with E-state index in [0.29, 0.717) is 18.4 Å². The van der Waals surface area contributed by atoms with E-state index >= 15 is 0 Å². The fourth-order valence-corrected chi connectivity index (χ4v) is 8.00. The predicted octanol–water partition coefficient (Wildman–Crippen LogP) is 6.18. The monoisotopic (exact) mass is 442 g/mol. The minimum atomic E-state index is -0.787. The molecule has 0 unspecified atom stereocenters. The summed E-state index contributed by atoms with van der Waals surface area (Å²) < 4.78 is 11.4. The molecule has 0 spiro atoms. The second kappa shape index (κ2) is 7.50. The van der Waals surface area contributed by atoms with Crippen molar-refractivity contribution >= 4 is 0 Å². The van der Waals surface area contributed by atoms with Crippen LogP contribution in [0.2, 0.25) is 0 Å². The zero-order chi connectivity index (χ0) is 22.7. The quantitative estimate of drug-likeness (QED) is 0.444. The molecule has 2 aromatic rings. The van der Waals surface area contributed by atoms with Crippen LogP contribution in [0, 0.1) is 22.7 Å². The summed E-state index contributed by atoms with van der Waals surface area (Å²) in [5, 5.41) is 12.0. The third-order valence-corrected chi connectivity index (χ3v) is 9.75. The van der Waals surface area contributed by atoms with Gasteiger partial charge in [-0.05, 0) is 78.8 Å². The van der Waals surface area contributed by atoms with Crippen molar-refractivity contribution in [2.75, 3.05) is 7.11 Å². The average Bonchev–Trinajstić information content (AvgIpc) is 3.20. The van der Waals surface area contributed by atoms with Crippen molar-refractivity contribution in [1.29, 1.82) is 0 Å². The van der Waals surface area contributed by atoms with Crippen molar-refractivity contribution < 1.29 is 14.6 Å². The molecule has 3 nitrogen and oxygen atoms in total. The molecule has 3 heteroatoms. The smallest absolute Gasteiger partial charge is 0.119 e. The number of ether oxygens (including phenoxy) is 2. The Balaban J connectivity index is 1.26. The molecule has 4 aliphatic rings. The Labute approximate surface area is 197 Å². The first-order valence-corrected chi connectivity index (χ1v) is 12.4. The molecule has 0 amide bonds. The number of fused-ring (bicyclic) bond motifs is 3. The fraction of sp³-hybridized carbons (Fsp3) is 0.467. The molecule has 33 heavy (non-hydrogen) atoms. The highest BCUT2D eigenvalue weighted by Crippen LogP contribution is 2.76. The van der Waals surface area contributed by atoms with E-state index in [1.165, 1.54) is 17.5 Å². The summed E-state index contributed by atoms with van der Waals surface area (Å²) >= 11 is 0. The molecule has 0 heterocycles. The maximum absolute atomic E-state index is 12.0. The van der Waals surface area contributed by atoms with E-state index in [1.54, 1.807) is 7.11 Å². The molecule has 2 saturated carbocycles. The average molecular weight is 443 g/mol. The number of methoxy groups -OCH3 is 1. The van der Waals surface area contributed by atoms with Crippen molar-refractivity contribution in [2.24, 2.45) is 22.7 Å². The maximum Gasteiger partial charge on any atom is 0.119 e. The largest absolute Gasteiger partial charge is 0.497 e. The lowest BCUT2D eigenvalue weighted by Gasteiger charge is -2.56. The zero-order valence-electron chi connectivity index (χ0n) is 19.7. The molecule has 1 N–H and O–H groups in total. The number of hydrogen-bond acceptors (Lipinski definition) is 3. The summed E-state index contributed by atoms with van der Waals surface area (Å²) in [5.41, 5.74) is 3.28. The van der Waals surface area contributed by atoms with E-state index < -0.39 is 5.60 Å². The lowest BCUT2D eigenvalue weighted by Crippen LogP contribution is -2.53. The van der Waals surface area contributed by atoms with Gasteiger partial charge in [0.05, 0.1) is 19.0 Å². The summed E-state index contributed by atoms with van der Waals surface area (Å²) in [6.07, 6.45) is 14.0. The molecule has 0 aliphatic heterocycles. The first-order valence-electron chi connectivity index (χ1n) is 12.4. The second-order valence-electron chi connectivity index (χ2n) is 10.8. The van der Waals surface area contributed by atoms with Gasteiger partial charge in [0.15, 0.2) is 0 Å². The van der Waals surface area contributed by atoms with Gasteiger partial charge in [0.2, 0.25) is 0 Å². The van der Waals surface area contributed by atoms with Crippen LogP contribution in [-0.2, 0) is 17.8 Å². The molecule has 6 atom stereocenters. The standard InChI is InChI=1S/C30H34O3/c1-28-14-12-26-25-10-9-24(32-2)18-22(25)8-11-27(26)29(28)15-16-30(28,31)23(19-29)13-17-33-20-21-6-4-3-5-7-21/h3-7,9-10,13,15-18,23,26-27,31H,8,11-12,14,19-20H2,1-2H3/b17-13+/t23-,26-,27-,28+,29+,30-/m1/s1. The van der Waals surface area contributed by atoms with Crippen LogP contribution in [-0.4, -0.2) is 17.8 Å². The van der Waals surface area contributed by atoms with Crippen LogP contribution < -0.4 is 4.74 Å². The van der Waals surface area contributed by atoms with Gasteiger partial charge in [0.1, 0.15) is 12.4 Å². The third-order valence-electron chi connectivity index (χ3n) is 9.75. The predicted molar refractivity (Wildman–Crippen MR) is 130 cm³/mol. The van der Waals surface area contributed by atoms with E-state index in [1.807, 2.05) is 24.5 Å². The summed E-state index contributed by atoms with van der Waals surface area (Å²) in [4.78, 5) is 0. The molecule has 172 valence electrons. The fourth-order valence-electron chi connectivity index (χ4n) is 8.00. The summed E-state index contributed by atoms with van der Waals surface area (Å²) in [6.45, 7) is 2.91. The number of aliphatic hydroxyl groups is 1. The summed E-state index contributed by atoms with van der Waals surface area (Å²) in [6, 6.07) is 16.9. The highest BCUT2D eigenvalue weighted by Gasteiger charge is 2.73. The molecule has 2 bridgehead atoms. The number of benzene rings is 2.